The third-order valence-electron chi connectivity index (χ3n) is 5.28. The Hall–Kier alpha value is -4.35. The average Bonchev–Trinajstić information content (AvgIpc) is 3.30. The van der Waals surface area contributed by atoms with Crippen LogP contribution in [-0.2, 0) is 0 Å². The number of ether oxygens (including phenoxy) is 2. The first-order valence-corrected chi connectivity index (χ1v) is 9.95. The van der Waals surface area contributed by atoms with Crippen LogP contribution in [0.25, 0.3) is 38.9 Å². The van der Waals surface area contributed by atoms with E-state index < -0.39 is 17.8 Å². The number of methoxy groups -OCH3 is 1. The highest BCUT2D eigenvalue weighted by atomic mass is 19.4. The molecule has 0 amide bonds. The van der Waals surface area contributed by atoms with E-state index in [4.69, 9.17) is 9.26 Å². The number of hydrogen-bond acceptors (Lipinski definition) is 7. The first kappa shape index (κ1) is 21.5. The standard InChI is InChI=1S/C22H16F3N5O4/c1-10-17(11(2)34-29-10)12-8-13-18(28-20(12)32-3)19-14(9-26-13)27-21(31)30(19)15-6-4-5-7-16(15)33-22(23,24)25/h4-9H,1-3H3,(H,27,31). The van der Waals surface area contributed by atoms with Crippen molar-refractivity contribution >= 4 is 22.1 Å². The second-order valence-corrected chi connectivity index (χ2v) is 7.41. The second-order valence-electron chi connectivity index (χ2n) is 7.41. The number of para-hydroxylation sites is 2. The summed E-state index contributed by atoms with van der Waals surface area (Å²) in [6, 6.07) is 7.05. The number of hydrogen-bond donors (Lipinski definition) is 1. The van der Waals surface area contributed by atoms with Crippen LogP contribution in [0.3, 0.4) is 0 Å². The topological polar surface area (TPSA) is 108 Å². The maximum absolute atomic E-state index is 13.0. The summed E-state index contributed by atoms with van der Waals surface area (Å²) in [6.07, 6.45) is -3.53. The molecule has 0 aliphatic heterocycles. The van der Waals surface area contributed by atoms with Gasteiger partial charge in [0.2, 0.25) is 5.88 Å². The van der Waals surface area contributed by atoms with Gasteiger partial charge >= 0.3 is 12.1 Å². The number of H-pyrrole nitrogens is 1. The lowest BCUT2D eigenvalue weighted by Crippen LogP contribution is -2.21. The van der Waals surface area contributed by atoms with Gasteiger partial charge in [-0.25, -0.2) is 9.78 Å². The molecular weight excluding hydrogens is 455 g/mol. The molecule has 12 heteroatoms. The summed E-state index contributed by atoms with van der Waals surface area (Å²) in [5.41, 5.74) is 2.20. The number of alkyl halides is 3. The summed E-state index contributed by atoms with van der Waals surface area (Å²) >= 11 is 0. The molecule has 5 rings (SSSR count). The minimum atomic E-state index is -4.94. The van der Waals surface area contributed by atoms with Crippen LogP contribution in [0.1, 0.15) is 11.5 Å². The van der Waals surface area contributed by atoms with Crippen LogP contribution in [0, 0.1) is 13.8 Å². The number of nitrogens with one attached hydrogen (secondary N) is 1. The van der Waals surface area contributed by atoms with Crippen molar-refractivity contribution in [3.63, 3.8) is 0 Å². The first-order valence-electron chi connectivity index (χ1n) is 9.95. The maximum Gasteiger partial charge on any atom is 0.573 e. The third kappa shape index (κ3) is 3.43. The minimum Gasteiger partial charge on any atom is -0.481 e. The molecule has 0 fully saturated rings. The van der Waals surface area contributed by atoms with Gasteiger partial charge in [-0.2, -0.15) is 0 Å². The molecule has 0 bridgehead atoms. The molecule has 0 radical (unpaired) electrons. The SMILES string of the molecule is COc1nc2c(cc1-c1c(C)noc1C)ncc1[nH]c(=O)n(-c3ccccc3OC(F)(F)F)c12. The van der Waals surface area contributed by atoms with Crippen molar-refractivity contribution in [2.24, 2.45) is 0 Å². The fraction of sp³-hybridized carbons (Fsp3) is 0.182. The van der Waals surface area contributed by atoms with Gasteiger partial charge in [0.25, 0.3) is 0 Å². The Morgan fingerprint density at radius 2 is 1.94 bits per heavy atom. The maximum atomic E-state index is 13.0. The van der Waals surface area contributed by atoms with Gasteiger partial charge in [0.05, 0.1) is 46.8 Å². The van der Waals surface area contributed by atoms with Gasteiger partial charge in [-0.05, 0) is 32.0 Å². The van der Waals surface area contributed by atoms with Crippen LogP contribution in [0.5, 0.6) is 11.6 Å². The van der Waals surface area contributed by atoms with E-state index in [1.807, 2.05) is 0 Å². The fourth-order valence-corrected chi connectivity index (χ4v) is 3.96. The molecule has 4 heterocycles. The van der Waals surface area contributed by atoms with E-state index in [2.05, 4.69) is 24.8 Å². The van der Waals surface area contributed by atoms with Gasteiger partial charge < -0.3 is 19.0 Å². The van der Waals surface area contributed by atoms with Gasteiger partial charge in [0, 0.05) is 0 Å². The highest BCUT2D eigenvalue weighted by Crippen LogP contribution is 2.37. The van der Waals surface area contributed by atoms with E-state index in [0.717, 1.165) is 10.6 Å². The smallest absolute Gasteiger partial charge is 0.481 e. The normalized spacial score (nSPS) is 11.9. The van der Waals surface area contributed by atoms with E-state index in [-0.39, 0.29) is 28.1 Å². The summed E-state index contributed by atoms with van der Waals surface area (Å²) in [6.45, 7) is 3.52. The summed E-state index contributed by atoms with van der Waals surface area (Å²) in [5.74, 6) is 0.216. The average molecular weight is 471 g/mol. The largest absolute Gasteiger partial charge is 0.573 e. The van der Waals surface area contributed by atoms with Gasteiger partial charge in [-0.3, -0.25) is 9.55 Å². The van der Waals surface area contributed by atoms with Crippen molar-refractivity contribution in [1.29, 1.82) is 0 Å². The van der Waals surface area contributed by atoms with E-state index in [0.29, 0.717) is 28.1 Å². The number of pyridine rings is 2. The van der Waals surface area contributed by atoms with Crippen molar-refractivity contribution in [3.05, 3.63) is 58.5 Å². The molecule has 4 aromatic heterocycles. The highest BCUT2D eigenvalue weighted by Gasteiger charge is 2.33. The monoisotopic (exact) mass is 471 g/mol. The van der Waals surface area contributed by atoms with Crippen LogP contribution in [0.15, 0.2) is 45.8 Å². The molecule has 0 aliphatic rings. The minimum absolute atomic E-state index is 0.112. The van der Waals surface area contributed by atoms with Crippen LogP contribution in [-0.4, -0.2) is 38.1 Å². The number of fused-ring (bicyclic) bond motifs is 3. The van der Waals surface area contributed by atoms with Gasteiger partial charge in [0.15, 0.2) is 5.75 Å². The molecule has 1 N–H and O–H groups in total. The third-order valence-corrected chi connectivity index (χ3v) is 5.28. The fourth-order valence-electron chi connectivity index (χ4n) is 3.96. The Kier molecular flexibility index (Phi) is 4.81. The van der Waals surface area contributed by atoms with Crippen LogP contribution in [0.2, 0.25) is 0 Å². The Balaban J connectivity index is 1.83. The number of aromatic amines is 1. The molecule has 5 aromatic rings. The van der Waals surface area contributed by atoms with E-state index in [1.54, 1.807) is 19.9 Å². The van der Waals surface area contributed by atoms with Crippen molar-refractivity contribution in [2.75, 3.05) is 7.11 Å². The summed E-state index contributed by atoms with van der Waals surface area (Å²) in [7, 11) is 1.43. The molecule has 0 saturated heterocycles. The number of imidazole rings is 1. The van der Waals surface area contributed by atoms with E-state index in [9.17, 15) is 18.0 Å². The molecule has 174 valence electrons. The van der Waals surface area contributed by atoms with Crippen LogP contribution < -0.4 is 15.2 Å². The number of halogens is 3. The predicted octanol–water partition coefficient (Wildman–Crippen LogP) is 4.44. The molecule has 0 spiro atoms. The molecular formula is C22H16F3N5O4. The van der Waals surface area contributed by atoms with Crippen molar-refractivity contribution in [2.45, 2.75) is 20.2 Å². The molecule has 0 saturated carbocycles. The van der Waals surface area contributed by atoms with Crippen molar-refractivity contribution < 1.29 is 27.2 Å². The van der Waals surface area contributed by atoms with E-state index >= 15 is 0 Å². The second kappa shape index (κ2) is 7.61. The molecule has 1 aromatic carbocycles. The quantitative estimate of drug-likeness (QED) is 0.413. The lowest BCUT2D eigenvalue weighted by Gasteiger charge is -2.14. The number of nitrogens with zero attached hydrogens (tertiary/aromatic N) is 4. The highest BCUT2D eigenvalue weighted by molar-refractivity contribution is 6.02. The number of benzene rings is 1. The van der Waals surface area contributed by atoms with Crippen LogP contribution >= 0.6 is 0 Å². The Labute approximate surface area is 188 Å². The summed E-state index contributed by atoms with van der Waals surface area (Å²) in [5, 5.41) is 3.96. The number of aryl methyl sites for hydroxylation is 2. The van der Waals surface area contributed by atoms with Crippen molar-refractivity contribution in [3.8, 4) is 28.4 Å². The Morgan fingerprint density at radius 1 is 1.18 bits per heavy atom. The first-order chi connectivity index (χ1) is 16.2. The van der Waals surface area contributed by atoms with Crippen molar-refractivity contribution in [1.82, 2.24) is 24.7 Å². The van der Waals surface area contributed by atoms with Gasteiger partial charge in [-0.15, -0.1) is 13.2 Å². The summed E-state index contributed by atoms with van der Waals surface area (Å²) < 4.78 is 55.0. The number of aromatic nitrogens is 5. The van der Waals surface area contributed by atoms with E-state index in [1.165, 1.54) is 31.5 Å². The Bertz CT molecular complexity index is 1600. The lowest BCUT2D eigenvalue weighted by molar-refractivity contribution is -0.274. The summed E-state index contributed by atoms with van der Waals surface area (Å²) in [4.78, 5) is 24.4. The molecule has 9 nitrogen and oxygen atoms in total. The zero-order valence-corrected chi connectivity index (χ0v) is 18.0. The van der Waals surface area contributed by atoms with Gasteiger partial charge in [-0.1, -0.05) is 17.3 Å². The molecule has 0 atom stereocenters. The number of rotatable bonds is 4. The lowest BCUT2D eigenvalue weighted by atomic mass is 10.0. The van der Waals surface area contributed by atoms with Crippen LogP contribution in [0.4, 0.5) is 13.2 Å². The zero-order valence-electron chi connectivity index (χ0n) is 18.0. The zero-order chi connectivity index (χ0) is 24.2. The predicted molar refractivity (Wildman–Crippen MR) is 115 cm³/mol. The Morgan fingerprint density at radius 3 is 2.62 bits per heavy atom. The molecule has 34 heavy (non-hydrogen) atoms. The molecule has 0 unspecified atom stereocenters. The molecule has 0 aliphatic carbocycles. The van der Waals surface area contributed by atoms with Gasteiger partial charge in [0.1, 0.15) is 16.8 Å².